The maximum absolute atomic E-state index is 12.4. The second-order valence-electron chi connectivity index (χ2n) is 9.11. The zero-order valence-corrected chi connectivity index (χ0v) is 20.4. The highest BCUT2D eigenvalue weighted by molar-refractivity contribution is 5.92. The van der Waals surface area contributed by atoms with Gasteiger partial charge in [0, 0.05) is 43.7 Å². The Morgan fingerprint density at radius 3 is 2.52 bits per heavy atom. The summed E-state index contributed by atoms with van der Waals surface area (Å²) in [5.74, 6) is 0.0967. The van der Waals surface area contributed by atoms with E-state index in [9.17, 15) is 9.59 Å². The number of benzene rings is 1. The number of aryl methyl sites for hydroxylation is 2. The fourth-order valence-electron chi connectivity index (χ4n) is 4.01. The van der Waals surface area contributed by atoms with Gasteiger partial charge in [-0.25, -0.2) is 4.79 Å². The molecule has 7 heteroatoms. The number of hydrogen-bond donors (Lipinski definition) is 0. The Bertz CT molecular complexity index is 952. The van der Waals surface area contributed by atoms with Gasteiger partial charge < -0.3 is 19.3 Å². The first-order chi connectivity index (χ1) is 15.9. The lowest BCUT2D eigenvalue weighted by atomic mass is 10.0. The number of esters is 1. The van der Waals surface area contributed by atoms with Crippen LogP contribution in [0.4, 0.5) is 10.5 Å². The predicted octanol–water partition coefficient (Wildman–Crippen LogP) is 4.60. The van der Waals surface area contributed by atoms with Gasteiger partial charge in [0.25, 0.3) is 0 Å². The van der Waals surface area contributed by atoms with Crippen molar-refractivity contribution in [3.8, 4) is 0 Å². The van der Waals surface area contributed by atoms with Gasteiger partial charge in [-0.3, -0.25) is 9.78 Å². The monoisotopic (exact) mass is 455 g/mol. The Morgan fingerprint density at radius 1 is 1.09 bits per heavy atom. The lowest BCUT2D eigenvalue weighted by molar-refractivity contribution is -0.140. The van der Waals surface area contributed by atoms with Gasteiger partial charge in [-0.2, -0.15) is 0 Å². The maximum Gasteiger partial charge on any atom is 0.409 e. The molecule has 180 valence electrons. The van der Waals surface area contributed by atoms with Gasteiger partial charge in [0.1, 0.15) is 0 Å². The molecular formula is C26H37N3O4. The quantitative estimate of drug-likeness (QED) is 0.515. The summed E-state index contributed by atoms with van der Waals surface area (Å²) in [6.45, 7) is 9.44. The normalized spacial score (nSPS) is 14.1. The number of carbonyl (C=O) groups excluding carboxylic acids is 2. The fourth-order valence-corrected chi connectivity index (χ4v) is 4.01. The second kappa shape index (κ2) is 11.9. The molecule has 0 aliphatic carbocycles. The van der Waals surface area contributed by atoms with E-state index in [1.54, 1.807) is 4.90 Å². The fraction of sp³-hybridized carbons (Fsp3) is 0.577. The molecule has 0 atom stereocenters. The molecule has 1 fully saturated rings. The lowest BCUT2D eigenvalue weighted by Gasteiger charge is -2.36. The van der Waals surface area contributed by atoms with E-state index in [1.807, 2.05) is 19.9 Å². The van der Waals surface area contributed by atoms with Gasteiger partial charge in [0.2, 0.25) is 0 Å². The molecule has 33 heavy (non-hydrogen) atoms. The number of anilines is 1. The molecule has 1 aliphatic heterocycles. The molecule has 2 heterocycles. The summed E-state index contributed by atoms with van der Waals surface area (Å²) in [6, 6.07) is 8.59. The van der Waals surface area contributed by atoms with E-state index in [2.05, 4.69) is 30.0 Å². The number of unbranched alkanes of at least 4 members (excludes halogenated alkanes) is 1. The number of aromatic nitrogens is 1. The standard InChI is InChI=1S/C26H37N3O4/c1-5-6-7-20-16-21-8-9-22(10-11-24(30)32-4)27-25(21)23(17-20)28-12-14-29(15-13-28)26(31)33-18-19(2)3/h8-9,16-17,19H,5-7,10-15,18H2,1-4H3. The van der Waals surface area contributed by atoms with E-state index >= 15 is 0 Å². The molecule has 1 amide bonds. The van der Waals surface area contributed by atoms with Gasteiger partial charge in [0.05, 0.1) is 31.3 Å². The highest BCUT2D eigenvalue weighted by Gasteiger charge is 2.24. The number of carbonyl (C=O) groups is 2. The van der Waals surface area contributed by atoms with E-state index in [0.717, 1.165) is 54.6 Å². The number of hydrogen-bond acceptors (Lipinski definition) is 6. The average Bonchev–Trinajstić information content (AvgIpc) is 2.84. The van der Waals surface area contributed by atoms with Crippen LogP contribution in [-0.4, -0.2) is 61.8 Å². The number of amides is 1. The first-order valence-corrected chi connectivity index (χ1v) is 12.1. The third kappa shape index (κ3) is 6.83. The summed E-state index contributed by atoms with van der Waals surface area (Å²) in [7, 11) is 1.41. The number of fused-ring (bicyclic) bond motifs is 1. The van der Waals surface area contributed by atoms with E-state index in [0.29, 0.717) is 38.5 Å². The number of ether oxygens (including phenoxy) is 2. The molecule has 0 spiro atoms. The van der Waals surface area contributed by atoms with E-state index in [4.69, 9.17) is 14.5 Å². The Labute approximate surface area is 197 Å². The summed E-state index contributed by atoms with van der Waals surface area (Å²) in [4.78, 5) is 33.0. The third-order valence-corrected chi connectivity index (χ3v) is 5.94. The number of methoxy groups -OCH3 is 1. The van der Waals surface area contributed by atoms with Crippen molar-refractivity contribution >= 4 is 28.7 Å². The van der Waals surface area contributed by atoms with Crippen LogP contribution in [0, 0.1) is 5.92 Å². The van der Waals surface area contributed by atoms with Crippen molar-refractivity contribution < 1.29 is 19.1 Å². The molecule has 0 unspecified atom stereocenters. The zero-order valence-electron chi connectivity index (χ0n) is 20.4. The summed E-state index contributed by atoms with van der Waals surface area (Å²) in [5.41, 5.74) is 4.25. The van der Waals surface area contributed by atoms with E-state index in [-0.39, 0.29) is 12.1 Å². The predicted molar refractivity (Wildman–Crippen MR) is 131 cm³/mol. The molecular weight excluding hydrogens is 418 g/mol. The maximum atomic E-state index is 12.4. The van der Waals surface area contributed by atoms with Gasteiger partial charge in [0.15, 0.2) is 0 Å². The number of rotatable bonds is 9. The van der Waals surface area contributed by atoms with E-state index in [1.165, 1.54) is 12.7 Å². The molecule has 0 saturated carbocycles. The smallest absolute Gasteiger partial charge is 0.409 e. The minimum atomic E-state index is -0.229. The molecule has 3 rings (SSSR count). The molecule has 1 saturated heterocycles. The van der Waals surface area contributed by atoms with Crippen LogP contribution < -0.4 is 4.90 Å². The minimum Gasteiger partial charge on any atom is -0.469 e. The van der Waals surface area contributed by atoms with Crippen LogP contribution in [0.15, 0.2) is 24.3 Å². The second-order valence-corrected chi connectivity index (χ2v) is 9.11. The third-order valence-electron chi connectivity index (χ3n) is 5.94. The molecule has 1 aromatic heterocycles. The van der Waals surface area contributed by atoms with Crippen LogP contribution >= 0.6 is 0 Å². The van der Waals surface area contributed by atoms with Crippen LogP contribution in [0.1, 0.15) is 51.3 Å². The van der Waals surface area contributed by atoms with Crippen molar-refractivity contribution in [1.82, 2.24) is 9.88 Å². The Balaban J connectivity index is 1.81. The first-order valence-electron chi connectivity index (χ1n) is 12.1. The molecule has 2 aromatic rings. The highest BCUT2D eigenvalue weighted by Crippen LogP contribution is 2.30. The number of pyridine rings is 1. The summed E-state index contributed by atoms with van der Waals surface area (Å²) in [6.07, 6.45) is 3.96. The van der Waals surface area contributed by atoms with Crippen LogP contribution in [0.25, 0.3) is 10.9 Å². The number of piperazine rings is 1. The average molecular weight is 456 g/mol. The SMILES string of the molecule is CCCCc1cc(N2CCN(C(=O)OCC(C)C)CC2)c2nc(CCC(=O)OC)ccc2c1. The summed E-state index contributed by atoms with van der Waals surface area (Å²) >= 11 is 0. The Kier molecular flexibility index (Phi) is 8.92. The topological polar surface area (TPSA) is 72.0 Å². The van der Waals surface area contributed by atoms with Crippen molar-refractivity contribution in [3.05, 3.63) is 35.5 Å². The summed E-state index contributed by atoms with van der Waals surface area (Å²) in [5, 5.41) is 1.11. The molecule has 1 aliphatic rings. The summed E-state index contributed by atoms with van der Waals surface area (Å²) < 4.78 is 10.2. The van der Waals surface area contributed by atoms with Crippen molar-refractivity contribution in [2.75, 3.05) is 44.8 Å². The molecule has 1 aromatic carbocycles. The minimum absolute atomic E-state index is 0.229. The zero-order chi connectivity index (χ0) is 23.8. The number of nitrogens with zero attached hydrogens (tertiary/aromatic N) is 3. The Morgan fingerprint density at radius 2 is 1.85 bits per heavy atom. The largest absolute Gasteiger partial charge is 0.469 e. The van der Waals surface area contributed by atoms with Gasteiger partial charge in [-0.05, 0) is 42.5 Å². The van der Waals surface area contributed by atoms with Gasteiger partial charge in [-0.15, -0.1) is 0 Å². The molecule has 0 radical (unpaired) electrons. The van der Waals surface area contributed by atoms with Gasteiger partial charge in [-0.1, -0.05) is 33.3 Å². The van der Waals surface area contributed by atoms with Crippen molar-refractivity contribution in [2.24, 2.45) is 5.92 Å². The van der Waals surface area contributed by atoms with Crippen molar-refractivity contribution in [1.29, 1.82) is 0 Å². The highest BCUT2D eigenvalue weighted by atomic mass is 16.6. The molecule has 0 bridgehead atoms. The van der Waals surface area contributed by atoms with Crippen LogP contribution in [-0.2, 0) is 27.1 Å². The van der Waals surface area contributed by atoms with Crippen molar-refractivity contribution in [2.45, 2.75) is 52.9 Å². The van der Waals surface area contributed by atoms with Crippen LogP contribution in [0.3, 0.4) is 0 Å². The molecule has 7 nitrogen and oxygen atoms in total. The molecule has 0 N–H and O–H groups in total. The van der Waals surface area contributed by atoms with Crippen LogP contribution in [0.2, 0.25) is 0 Å². The first kappa shape index (κ1) is 24.8. The van der Waals surface area contributed by atoms with Crippen molar-refractivity contribution in [3.63, 3.8) is 0 Å². The van der Waals surface area contributed by atoms with Crippen LogP contribution in [0.5, 0.6) is 0 Å². The Hall–Kier alpha value is -2.83. The van der Waals surface area contributed by atoms with Gasteiger partial charge >= 0.3 is 12.1 Å². The lowest BCUT2D eigenvalue weighted by Crippen LogP contribution is -2.49. The van der Waals surface area contributed by atoms with E-state index < -0.39 is 0 Å².